The van der Waals surface area contributed by atoms with Crippen LogP contribution in [0.5, 0.6) is 0 Å². The van der Waals surface area contributed by atoms with Crippen molar-refractivity contribution in [3.63, 3.8) is 0 Å². The largest absolute Gasteiger partial charge is 0.381 e. The van der Waals surface area contributed by atoms with Crippen molar-refractivity contribution in [1.29, 1.82) is 0 Å². The Hall–Kier alpha value is -1.09. The lowest BCUT2D eigenvalue weighted by Gasteiger charge is -2.33. The van der Waals surface area contributed by atoms with Gasteiger partial charge in [-0.3, -0.25) is 4.98 Å². The summed E-state index contributed by atoms with van der Waals surface area (Å²) in [5, 5.41) is 3.50. The molecule has 0 spiro atoms. The van der Waals surface area contributed by atoms with Gasteiger partial charge in [0.25, 0.3) is 0 Å². The topological polar surface area (TPSA) is 34.2 Å². The molecule has 1 unspecified atom stereocenters. The van der Waals surface area contributed by atoms with Gasteiger partial charge in [-0.2, -0.15) is 0 Å². The van der Waals surface area contributed by atoms with Gasteiger partial charge in [0.05, 0.1) is 17.9 Å². The number of ether oxygens (including phenoxy) is 1. The van der Waals surface area contributed by atoms with Crippen molar-refractivity contribution in [2.75, 3.05) is 5.32 Å². The van der Waals surface area contributed by atoms with E-state index in [0.717, 1.165) is 18.5 Å². The highest BCUT2D eigenvalue weighted by molar-refractivity contribution is 5.40. The highest BCUT2D eigenvalue weighted by Gasteiger charge is 2.23. The van der Waals surface area contributed by atoms with E-state index in [1.807, 2.05) is 12.3 Å². The summed E-state index contributed by atoms with van der Waals surface area (Å²) in [6.07, 6.45) is 6.50. The fourth-order valence-electron chi connectivity index (χ4n) is 2.21. The Bertz CT molecular complexity index is 292. The molecule has 0 aromatic carbocycles. The zero-order chi connectivity index (χ0) is 10.7. The van der Waals surface area contributed by atoms with Crippen LogP contribution in [0.1, 0.15) is 26.7 Å². The first-order valence-corrected chi connectivity index (χ1v) is 5.56. The summed E-state index contributed by atoms with van der Waals surface area (Å²) in [6.45, 7) is 4.27. The molecule has 1 aromatic rings. The first kappa shape index (κ1) is 10.4. The summed E-state index contributed by atoms with van der Waals surface area (Å²) >= 11 is 0. The molecule has 1 saturated heterocycles. The summed E-state index contributed by atoms with van der Waals surface area (Å²) in [7, 11) is 0. The van der Waals surface area contributed by atoms with Gasteiger partial charge in [0.2, 0.25) is 0 Å². The smallest absolute Gasteiger partial charge is 0.0570 e. The van der Waals surface area contributed by atoms with Crippen molar-refractivity contribution in [3.8, 4) is 0 Å². The maximum Gasteiger partial charge on any atom is 0.0570 e. The number of nitrogens with one attached hydrogen (secondary N) is 1. The first-order valence-electron chi connectivity index (χ1n) is 5.56. The molecule has 2 rings (SSSR count). The third-order valence-corrected chi connectivity index (χ3v) is 2.73. The standard InChI is InChI=1S/C12H18N2O/c1-9-6-12(7-10(2)15-9)14-11-4-3-5-13-8-11/h3-5,8-10,12,14H,6-7H2,1-2H3/t9-,10+,12?. The minimum atomic E-state index is 0.350. The average Bonchev–Trinajstić information content (AvgIpc) is 2.17. The molecule has 1 aliphatic heterocycles. The Labute approximate surface area is 90.9 Å². The molecule has 0 radical (unpaired) electrons. The molecule has 3 atom stereocenters. The van der Waals surface area contributed by atoms with Crippen molar-refractivity contribution < 1.29 is 4.74 Å². The summed E-state index contributed by atoms with van der Waals surface area (Å²) in [6, 6.07) is 4.51. The van der Waals surface area contributed by atoms with Gasteiger partial charge in [-0.05, 0) is 38.8 Å². The van der Waals surface area contributed by atoms with Gasteiger partial charge >= 0.3 is 0 Å². The monoisotopic (exact) mass is 206 g/mol. The number of nitrogens with zero attached hydrogens (tertiary/aromatic N) is 1. The van der Waals surface area contributed by atoms with Gasteiger partial charge < -0.3 is 10.1 Å². The van der Waals surface area contributed by atoms with Crippen molar-refractivity contribution in [2.24, 2.45) is 0 Å². The van der Waals surface area contributed by atoms with Crippen molar-refractivity contribution in [3.05, 3.63) is 24.5 Å². The van der Waals surface area contributed by atoms with Crippen molar-refractivity contribution in [2.45, 2.75) is 44.9 Å². The molecular formula is C12H18N2O. The SMILES string of the molecule is C[C@@H]1CC(Nc2cccnc2)C[C@H](C)O1. The van der Waals surface area contributed by atoms with Crippen LogP contribution in [0.2, 0.25) is 0 Å². The molecule has 1 aliphatic rings. The second kappa shape index (κ2) is 4.62. The van der Waals surface area contributed by atoms with Gasteiger partial charge in [-0.1, -0.05) is 0 Å². The van der Waals surface area contributed by atoms with E-state index in [9.17, 15) is 0 Å². The zero-order valence-electron chi connectivity index (χ0n) is 9.31. The van der Waals surface area contributed by atoms with Crippen LogP contribution >= 0.6 is 0 Å². The Morgan fingerprint density at radius 3 is 2.67 bits per heavy atom. The Balaban J connectivity index is 1.94. The number of aromatic nitrogens is 1. The maximum absolute atomic E-state index is 5.70. The number of hydrogen-bond acceptors (Lipinski definition) is 3. The second-order valence-electron chi connectivity index (χ2n) is 4.31. The second-order valence-corrected chi connectivity index (χ2v) is 4.31. The van der Waals surface area contributed by atoms with Crippen molar-refractivity contribution in [1.82, 2.24) is 4.98 Å². The Kier molecular flexibility index (Phi) is 3.21. The van der Waals surface area contributed by atoms with E-state index in [0.29, 0.717) is 18.2 Å². The van der Waals surface area contributed by atoms with Gasteiger partial charge in [0.1, 0.15) is 0 Å². The highest BCUT2D eigenvalue weighted by Crippen LogP contribution is 2.22. The lowest BCUT2D eigenvalue weighted by atomic mass is 10.00. The van der Waals surface area contributed by atoms with E-state index >= 15 is 0 Å². The van der Waals surface area contributed by atoms with Crippen LogP contribution in [0.15, 0.2) is 24.5 Å². The fourth-order valence-corrected chi connectivity index (χ4v) is 2.21. The predicted molar refractivity (Wildman–Crippen MR) is 60.9 cm³/mol. The molecule has 0 saturated carbocycles. The van der Waals surface area contributed by atoms with Crippen molar-refractivity contribution >= 4 is 5.69 Å². The van der Waals surface area contributed by atoms with Crippen LogP contribution in [0.4, 0.5) is 5.69 Å². The molecular weight excluding hydrogens is 188 g/mol. The third kappa shape index (κ3) is 2.93. The number of hydrogen-bond donors (Lipinski definition) is 1. The van der Waals surface area contributed by atoms with Crippen LogP contribution in [-0.4, -0.2) is 23.2 Å². The molecule has 3 nitrogen and oxygen atoms in total. The minimum Gasteiger partial charge on any atom is -0.381 e. The fraction of sp³-hybridized carbons (Fsp3) is 0.583. The van der Waals surface area contributed by atoms with Crippen LogP contribution in [0, 0.1) is 0 Å². The summed E-state index contributed by atoms with van der Waals surface area (Å²) in [5.74, 6) is 0. The van der Waals surface area contributed by atoms with E-state index in [2.05, 4.69) is 30.2 Å². The molecule has 82 valence electrons. The Morgan fingerprint density at radius 1 is 1.33 bits per heavy atom. The number of pyridine rings is 1. The van der Waals surface area contributed by atoms with Gasteiger partial charge in [-0.15, -0.1) is 0 Å². The van der Waals surface area contributed by atoms with E-state index in [4.69, 9.17) is 4.74 Å². The minimum absolute atomic E-state index is 0.350. The van der Waals surface area contributed by atoms with Crippen LogP contribution < -0.4 is 5.32 Å². The maximum atomic E-state index is 5.70. The van der Waals surface area contributed by atoms with Gasteiger partial charge in [0.15, 0.2) is 0 Å². The summed E-state index contributed by atoms with van der Waals surface area (Å²) in [4.78, 5) is 4.09. The first-order chi connectivity index (χ1) is 7.24. The molecule has 3 heteroatoms. The van der Waals surface area contributed by atoms with E-state index in [-0.39, 0.29) is 0 Å². The zero-order valence-corrected chi connectivity index (χ0v) is 9.31. The van der Waals surface area contributed by atoms with Gasteiger partial charge in [0, 0.05) is 18.4 Å². The molecule has 2 heterocycles. The van der Waals surface area contributed by atoms with E-state index in [1.54, 1.807) is 6.20 Å². The molecule has 0 amide bonds. The van der Waals surface area contributed by atoms with Crippen LogP contribution in [0.25, 0.3) is 0 Å². The van der Waals surface area contributed by atoms with Gasteiger partial charge in [-0.25, -0.2) is 0 Å². The van der Waals surface area contributed by atoms with Crippen LogP contribution in [-0.2, 0) is 4.74 Å². The lowest BCUT2D eigenvalue weighted by Crippen LogP contribution is -2.36. The molecule has 1 fully saturated rings. The number of rotatable bonds is 2. The Morgan fingerprint density at radius 2 is 2.07 bits per heavy atom. The van der Waals surface area contributed by atoms with Crippen LogP contribution in [0.3, 0.4) is 0 Å². The molecule has 0 aliphatic carbocycles. The van der Waals surface area contributed by atoms with E-state index in [1.165, 1.54) is 0 Å². The lowest BCUT2D eigenvalue weighted by molar-refractivity contribution is -0.0337. The summed E-state index contributed by atoms with van der Waals surface area (Å²) in [5.41, 5.74) is 1.10. The summed E-state index contributed by atoms with van der Waals surface area (Å²) < 4.78 is 5.70. The van der Waals surface area contributed by atoms with E-state index < -0.39 is 0 Å². The number of anilines is 1. The normalized spacial score (nSPS) is 31.2. The highest BCUT2D eigenvalue weighted by atomic mass is 16.5. The molecule has 1 aromatic heterocycles. The molecule has 1 N–H and O–H groups in total. The average molecular weight is 206 g/mol. The quantitative estimate of drug-likeness (QED) is 0.807. The molecule has 15 heavy (non-hydrogen) atoms. The predicted octanol–water partition coefficient (Wildman–Crippen LogP) is 2.45. The third-order valence-electron chi connectivity index (χ3n) is 2.73. The molecule has 0 bridgehead atoms.